The third-order valence-electron chi connectivity index (χ3n) is 3.94. The first kappa shape index (κ1) is 17.9. The minimum absolute atomic E-state index is 0.262. The fourth-order valence-electron chi connectivity index (χ4n) is 2.56. The molecule has 0 aliphatic carbocycles. The van der Waals surface area contributed by atoms with Crippen LogP contribution in [0.1, 0.15) is 16.2 Å². The van der Waals surface area contributed by atoms with Crippen molar-refractivity contribution < 1.29 is 9.53 Å². The second-order valence-electron chi connectivity index (χ2n) is 5.84. The lowest BCUT2D eigenvalue weighted by Gasteiger charge is -2.10. The van der Waals surface area contributed by atoms with Crippen LogP contribution < -0.4 is 15.4 Å². The van der Waals surface area contributed by atoms with Crippen molar-refractivity contribution in [1.82, 2.24) is 30.2 Å². The molecule has 0 saturated carbocycles. The van der Waals surface area contributed by atoms with Gasteiger partial charge in [-0.15, -0.1) is 0 Å². The van der Waals surface area contributed by atoms with Gasteiger partial charge in [-0.05, 0) is 24.3 Å². The van der Waals surface area contributed by atoms with Gasteiger partial charge in [0.25, 0.3) is 5.91 Å². The predicted molar refractivity (Wildman–Crippen MR) is 104 cm³/mol. The van der Waals surface area contributed by atoms with Gasteiger partial charge in [0.05, 0.1) is 30.1 Å². The average Bonchev–Trinajstić information content (AvgIpc) is 3.23. The molecule has 0 bridgehead atoms. The van der Waals surface area contributed by atoms with Crippen molar-refractivity contribution in [2.24, 2.45) is 0 Å². The van der Waals surface area contributed by atoms with Gasteiger partial charge in [0.15, 0.2) is 5.65 Å². The summed E-state index contributed by atoms with van der Waals surface area (Å²) < 4.78 is 5.76. The highest BCUT2D eigenvalue weighted by Crippen LogP contribution is 2.29. The van der Waals surface area contributed by atoms with E-state index in [1.165, 1.54) is 12.5 Å². The molecule has 4 aromatic heterocycles. The number of hydrogen-bond acceptors (Lipinski definition) is 8. The summed E-state index contributed by atoms with van der Waals surface area (Å²) in [6.07, 6.45) is 4.53. The Balaban J connectivity index is 1.62. The van der Waals surface area contributed by atoms with Crippen LogP contribution >= 0.6 is 0 Å². The number of anilines is 2. The van der Waals surface area contributed by atoms with Crippen LogP contribution in [0.25, 0.3) is 11.2 Å². The zero-order valence-corrected chi connectivity index (χ0v) is 15.2. The summed E-state index contributed by atoms with van der Waals surface area (Å²) in [6.45, 7) is 0. The summed E-state index contributed by atoms with van der Waals surface area (Å²) in [7, 11) is 1.55. The van der Waals surface area contributed by atoms with Crippen molar-refractivity contribution in [3.8, 4) is 17.7 Å². The first-order chi connectivity index (χ1) is 14.2. The van der Waals surface area contributed by atoms with Crippen molar-refractivity contribution >= 4 is 28.4 Å². The van der Waals surface area contributed by atoms with E-state index in [0.29, 0.717) is 45.6 Å². The number of H-pyrrole nitrogens is 1. The molecule has 4 heterocycles. The van der Waals surface area contributed by atoms with Gasteiger partial charge in [-0.2, -0.15) is 10.2 Å². The minimum atomic E-state index is -0.262. The van der Waals surface area contributed by atoms with Crippen LogP contribution in [0.4, 0.5) is 11.4 Å². The first-order valence-electron chi connectivity index (χ1n) is 8.49. The van der Waals surface area contributed by atoms with E-state index < -0.39 is 0 Å². The number of ether oxygens (including phenoxy) is 1. The topological polar surface area (TPSA) is 142 Å². The lowest BCUT2D eigenvalue weighted by atomic mass is 10.3. The molecule has 0 fully saturated rings. The number of imidazole rings is 1. The molecule has 0 aliphatic rings. The van der Waals surface area contributed by atoms with E-state index in [0.717, 1.165) is 0 Å². The Morgan fingerprint density at radius 3 is 2.76 bits per heavy atom. The molecule has 0 unspecified atom stereocenters. The monoisotopic (exact) mass is 386 g/mol. The van der Waals surface area contributed by atoms with Crippen LogP contribution in [0.5, 0.6) is 11.6 Å². The molecule has 0 aromatic carbocycles. The maximum Gasteiger partial charge on any atom is 0.269 e. The largest absolute Gasteiger partial charge is 0.437 e. The number of pyridine rings is 3. The molecule has 142 valence electrons. The highest BCUT2D eigenvalue weighted by Gasteiger charge is 2.11. The molecule has 10 nitrogen and oxygen atoms in total. The highest BCUT2D eigenvalue weighted by molar-refractivity contribution is 5.92. The summed E-state index contributed by atoms with van der Waals surface area (Å²) in [5, 5.41) is 14.6. The Morgan fingerprint density at radius 2 is 2.07 bits per heavy atom. The first-order valence-corrected chi connectivity index (χ1v) is 8.49. The zero-order chi connectivity index (χ0) is 20.2. The molecule has 0 saturated heterocycles. The van der Waals surface area contributed by atoms with Gasteiger partial charge >= 0.3 is 0 Å². The molecule has 0 radical (unpaired) electrons. The number of carbonyl (C=O) groups is 1. The van der Waals surface area contributed by atoms with Gasteiger partial charge in [0.2, 0.25) is 5.88 Å². The molecule has 3 N–H and O–H groups in total. The van der Waals surface area contributed by atoms with Crippen molar-refractivity contribution in [2.75, 3.05) is 12.4 Å². The fourth-order valence-corrected chi connectivity index (χ4v) is 2.56. The number of aromatic amines is 1. The molecule has 1 amide bonds. The Morgan fingerprint density at radius 1 is 1.17 bits per heavy atom. The predicted octanol–water partition coefficient (Wildman–Crippen LogP) is 2.52. The third-order valence-corrected chi connectivity index (χ3v) is 3.94. The lowest BCUT2D eigenvalue weighted by Crippen LogP contribution is -2.18. The van der Waals surface area contributed by atoms with E-state index in [1.807, 2.05) is 6.07 Å². The molecule has 4 rings (SSSR count). The van der Waals surface area contributed by atoms with Crippen LogP contribution in [-0.4, -0.2) is 37.9 Å². The number of hydrogen-bond donors (Lipinski definition) is 3. The molecule has 0 atom stereocenters. The average molecular weight is 386 g/mol. The van der Waals surface area contributed by atoms with Crippen LogP contribution in [0.3, 0.4) is 0 Å². The van der Waals surface area contributed by atoms with Gasteiger partial charge in [-0.3, -0.25) is 4.79 Å². The Kier molecular flexibility index (Phi) is 4.69. The highest BCUT2D eigenvalue weighted by atomic mass is 16.5. The van der Waals surface area contributed by atoms with E-state index in [9.17, 15) is 4.79 Å². The summed E-state index contributed by atoms with van der Waals surface area (Å²) in [5.41, 5.74) is 3.06. The fraction of sp³-hybridized carbons (Fsp3) is 0.0526. The van der Waals surface area contributed by atoms with Crippen molar-refractivity contribution in [2.45, 2.75) is 0 Å². The molecule has 29 heavy (non-hydrogen) atoms. The number of fused-ring (bicyclic) bond motifs is 1. The van der Waals surface area contributed by atoms with E-state index >= 15 is 0 Å². The maximum atomic E-state index is 11.6. The number of rotatable bonds is 5. The third kappa shape index (κ3) is 3.79. The zero-order valence-electron chi connectivity index (χ0n) is 15.2. The second-order valence-corrected chi connectivity index (χ2v) is 5.84. The molecule has 0 aliphatic heterocycles. The van der Waals surface area contributed by atoms with Gasteiger partial charge in [-0.1, -0.05) is 0 Å². The van der Waals surface area contributed by atoms with Gasteiger partial charge in [0.1, 0.15) is 28.7 Å². The molecule has 0 spiro atoms. The van der Waals surface area contributed by atoms with Crippen LogP contribution in [0.2, 0.25) is 0 Å². The Labute approximate surface area is 164 Å². The molecular weight excluding hydrogens is 372 g/mol. The van der Waals surface area contributed by atoms with Gasteiger partial charge < -0.3 is 20.4 Å². The number of nitriles is 1. The quantitative estimate of drug-likeness (QED) is 0.475. The van der Waals surface area contributed by atoms with Crippen LogP contribution in [-0.2, 0) is 0 Å². The standard InChI is InChI=1S/C19H14N8O2/c1-21-19(28)14-5-3-12(8-23-14)26-15-6-16(27-18-17(15)24-10-25-18)29-13-4-2-11(7-20)22-9-13/h2-6,8-10H,1H3,(H,21,28)(H2,24,25,26,27). The van der Waals surface area contributed by atoms with E-state index in [2.05, 4.69) is 35.6 Å². The molecule has 4 aromatic rings. The Hall–Kier alpha value is -4.52. The van der Waals surface area contributed by atoms with E-state index in [4.69, 9.17) is 10.00 Å². The number of aromatic nitrogens is 5. The van der Waals surface area contributed by atoms with Crippen molar-refractivity contribution in [1.29, 1.82) is 5.26 Å². The summed E-state index contributed by atoms with van der Waals surface area (Å²) >= 11 is 0. The minimum Gasteiger partial charge on any atom is -0.437 e. The van der Waals surface area contributed by atoms with Gasteiger partial charge in [0, 0.05) is 13.1 Å². The van der Waals surface area contributed by atoms with Gasteiger partial charge in [-0.25, -0.2) is 15.0 Å². The normalized spacial score (nSPS) is 10.3. The second kappa shape index (κ2) is 7.61. The SMILES string of the molecule is CNC(=O)c1ccc(Nc2cc(Oc3ccc(C#N)nc3)nc3[nH]cnc23)cn1. The number of nitrogens with one attached hydrogen (secondary N) is 3. The Bertz CT molecular complexity index is 1210. The van der Waals surface area contributed by atoms with E-state index in [-0.39, 0.29) is 5.91 Å². The lowest BCUT2D eigenvalue weighted by molar-refractivity contribution is 0.0958. The summed E-state index contributed by atoms with van der Waals surface area (Å²) in [4.78, 5) is 31.3. The maximum absolute atomic E-state index is 11.6. The summed E-state index contributed by atoms with van der Waals surface area (Å²) in [6, 6.07) is 10.2. The van der Waals surface area contributed by atoms with Crippen molar-refractivity contribution in [3.05, 3.63) is 60.4 Å². The molecule has 10 heteroatoms. The number of carbonyl (C=O) groups excluding carboxylic acids is 1. The summed E-state index contributed by atoms with van der Waals surface area (Å²) in [5.74, 6) is 0.491. The number of amides is 1. The van der Waals surface area contributed by atoms with Crippen LogP contribution in [0.15, 0.2) is 49.1 Å². The smallest absolute Gasteiger partial charge is 0.269 e. The van der Waals surface area contributed by atoms with E-state index in [1.54, 1.807) is 43.6 Å². The molecular formula is C19H14N8O2. The number of nitrogens with zero attached hydrogens (tertiary/aromatic N) is 5. The van der Waals surface area contributed by atoms with Crippen LogP contribution in [0, 0.1) is 11.3 Å². The van der Waals surface area contributed by atoms with Crippen molar-refractivity contribution in [3.63, 3.8) is 0 Å².